The summed E-state index contributed by atoms with van der Waals surface area (Å²) in [6.45, 7) is 49.7. The molecule has 0 amide bonds. The van der Waals surface area contributed by atoms with Gasteiger partial charge in [-0.25, -0.2) is 0 Å². The summed E-state index contributed by atoms with van der Waals surface area (Å²) >= 11 is 0. The predicted molar refractivity (Wildman–Crippen MR) is 403 cm³/mol. The van der Waals surface area contributed by atoms with Crippen LogP contribution in [-0.2, 0) is 42.8 Å². The molecule has 2 aromatic carbocycles. The highest BCUT2D eigenvalue weighted by atomic mass is 16.7. The number of hydrogen-bond acceptors (Lipinski definition) is 12. The lowest BCUT2D eigenvalue weighted by Gasteiger charge is -2.33. The highest BCUT2D eigenvalue weighted by Crippen LogP contribution is 2.52. The molecule has 5 fully saturated rings. The quantitative estimate of drug-likeness (QED) is 0.0407. The fraction of sp³-hybridized carbons (Fsp3) is 0.750. The third-order valence-corrected chi connectivity index (χ3v) is 22.1. The van der Waals surface area contributed by atoms with E-state index in [2.05, 4.69) is 143 Å². The van der Waals surface area contributed by atoms with Gasteiger partial charge in [0.1, 0.15) is 5.60 Å². The average molecular weight is 1340 g/mol. The molecule has 12 nitrogen and oxygen atoms in total. The first-order chi connectivity index (χ1) is 44.6. The van der Waals surface area contributed by atoms with E-state index in [1.807, 2.05) is 108 Å². The molecule has 542 valence electrons. The summed E-state index contributed by atoms with van der Waals surface area (Å²) in [7, 11) is -1.57. The first kappa shape index (κ1) is 85.6. The van der Waals surface area contributed by atoms with Gasteiger partial charge in [0.15, 0.2) is 0 Å². The summed E-state index contributed by atoms with van der Waals surface area (Å²) in [5.41, 5.74) is 0.764. The van der Waals surface area contributed by atoms with Crippen molar-refractivity contribution in [3.63, 3.8) is 0 Å². The maximum atomic E-state index is 12.1. The van der Waals surface area contributed by atoms with E-state index in [9.17, 15) is 20.4 Å². The van der Waals surface area contributed by atoms with Crippen LogP contribution in [-0.4, -0.2) is 105 Å². The molecule has 2 aromatic rings. The molecular formula is C80H138B4O12. The van der Waals surface area contributed by atoms with Crippen molar-refractivity contribution in [1.82, 2.24) is 0 Å². The molecule has 0 bridgehead atoms. The third kappa shape index (κ3) is 24.2. The maximum Gasteiger partial charge on any atom is 0.487 e. The minimum atomic E-state index is -0.922. The van der Waals surface area contributed by atoms with Crippen molar-refractivity contribution < 1.29 is 57.7 Å². The lowest BCUT2D eigenvalue weighted by molar-refractivity contribution is 0.00578. The zero-order valence-corrected chi connectivity index (χ0v) is 65.4. The summed E-state index contributed by atoms with van der Waals surface area (Å²) in [6.07, 6.45) is 23.8. The van der Waals surface area contributed by atoms with E-state index in [1.54, 1.807) is 0 Å². The van der Waals surface area contributed by atoms with Crippen molar-refractivity contribution >= 4 is 28.5 Å². The SMILES string of the molecule is CCC/C(=C\B1OC(C)(C)C(C)(C)O1)C(O)c1ccccc1.CCCCC(C)(O)/C(=C/B1OC(C)(C)C(C)(C)O1)CCC.CCCCCCC(C)(O)/C(=C/B1OC(C)(C)C(C)(C)O1)CCC.CCCCCCCC/C(=C\B1OC(C)(C)C(C)(C)O1)C(O)(c1ccccc1)C1CC1. The van der Waals surface area contributed by atoms with Gasteiger partial charge in [0.25, 0.3) is 0 Å². The van der Waals surface area contributed by atoms with E-state index in [1.165, 1.54) is 51.4 Å². The molecule has 1 saturated carbocycles. The second-order valence-electron chi connectivity index (χ2n) is 32.8. The van der Waals surface area contributed by atoms with Crippen molar-refractivity contribution in [2.24, 2.45) is 5.92 Å². The van der Waals surface area contributed by atoms with Crippen LogP contribution in [0, 0.1) is 5.92 Å². The third-order valence-electron chi connectivity index (χ3n) is 22.1. The second-order valence-corrected chi connectivity index (χ2v) is 32.8. The lowest BCUT2D eigenvalue weighted by Crippen LogP contribution is -2.41. The Labute approximate surface area is 588 Å². The van der Waals surface area contributed by atoms with Gasteiger partial charge < -0.3 is 57.7 Å². The first-order valence-electron chi connectivity index (χ1n) is 37.8. The average Bonchev–Trinajstić information content (AvgIpc) is 1.60. The molecule has 1 aliphatic carbocycles. The molecule has 0 radical (unpaired) electrons. The topological polar surface area (TPSA) is 155 Å². The Bertz CT molecular complexity index is 2660. The molecule has 4 saturated heterocycles. The van der Waals surface area contributed by atoms with Gasteiger partial charge >= 0.3 is 28.5 Å². The normalized spacial score (nSPS) is 23.0. The monoisotopic (exact) mass is 1340 g/mol. The number of benzene rings is 2. The van der Waals surface area contributed by atoms with E-state index in [4.69, 9.17) is 37.2 Å². The van der Waals surface area contributed by atoms with Crippen LogP contribution in [0.4, 0.5) is 0 Å². The Hall–Kier alpha value is -2.82. The molecule has 4 unspecified atom stereocenters. The highest BCUT2D eigenvalue weighted by Gasteiger charge is 2.55. The van der Waals surface area contributed by atoms with Crippen molar-refractivity contribution in [1.29, 1.82) is 0 Å². The molecule has 16 heteroatoms. The van der Waals surface area contributed by atoms with Crippen LogP contribution < -0.4 is 0 Å². The van der Waals surface area contributed by atoms with Gasteiger partial charge in [0.2, 0.25) is 0 Å². The van der Waals surface area contributed by atoms with Crippen LogP contribution in [0.3, 0.4) is 0 Å². The number of aliphatic hydroxyl groups is 4. The Morgan fingerprint density at radius 3 is 1.06 bits per heavy atom. The van der Waals surface area contributed by atoms with Gasteiger partial charge in [0.05, 0.1) is 62.1 Å². The molecule has 96 heavy (non-hydrogen) atoms. The summed E-state index contributed by atoms with van der Waals surface area (Å²) < 4.78 is 48.8. The zero-order chi connectivity index (χ0) is 72.2. The molecule has 7 rings (SSSR count). The van der Waals surface area contributed by atoms with Gasteiger partial charge in [-0.3, -0.25) is 0 Å². The summed E-state index contributed by atoms with van der Waals surface area (Å²) in [5.74, 6) is 8.33. The van der Waals surface area contributed by atoms with Crippen LogP contribution in [0.2, 0.25) is 0 Å². The van der Waals surface area contributed by atoms with Crippen LogP contribution >= 0.6 is 0 Å². The molecule has 0 spiro atoms. The fourth-order valence-corrected chi connectivity index (χ4v) is 12.7. The van der Waals surface area contributed by atoms with Crippen molar-refractivity contribution in [2.75, 3.05) is 0 Å². The van der Waals surface area contributed by atoms with E-state index in [0.29, 0.717) is 0 Å². The van der Waals surface area contributed by atoms with E-state index >= 15 is 0 Å². The lowest BCUT2D eigenvalue weighted by atomic mass is 9.74. The number of rotatable bonds is 32. The number of aliphatic hydroxyl groups excluding tert-OH is 1. The predicted octanol–water partition coefficient (Wildman–Crippen LogP) is 20.0. The van der Waals surface area contributed by atoms with Crippen molar-refractivity contribution in [3.05, 3.63) is 118 Å². The molecule has 4 N–H and O–H groups in total. The Balaban J connectivity index is 0.000000275. The standard InChI is InChI=1S/C26H41BO3.C19H37BO3.C18H27BO3.C17H33BO3/c1-6-7-8-9-10-12-17-23(20-27-29-24(2,3)25(4,5)30-27)26(28,22-18-19-22)21-15-13-11-14-16-21;1-8-10-11-12-14-19(7,21)16(13-9-2)15-20-22-17(3,4)18(5,6)23-20;1-6-10-15(16(20)14-11-8-7-9-12-14)13-19-21-17(2,3)18(4,5)22-19;1-8-10-12-17(7,19)14(11-9-2)13-18-20-15(3,4)16(5,6)21-18/h11,13-16,20,22,28H,6-10,12,17-19H2,1-5H3;15,21H,8-14H2,1-7H3;7-9,11-13,16,20H,6,10H2,1-5H3;13,19H,8-12H2,1-7H3/b23-20+;16-15+;15-13+;14-13+. The minimum absolute atomic E-state index is 0.286. The Morgan fingerprint density at radius 1 is 0.396 bits per heavy atom. The van der Waals surface area contributed by atoms with Crippen LogP contribution in [0.15, 0.2) is 107 Å². The van der Waals surface area contributed by atoms with Gasteiger partial charge in [-0.05, 0) is 222 Å². The van der Waals surface area contributed by atoms with Crippen LogP contribution in [0.25, 0.3) is 0 Å². The number of unbranched alkanes of at least 4 members (excludes halogenated alkanes) is 9. The van der Waals surface area contributed by atoms with Gasteiger partial charge in [0, 0.05) is 0 Å². The molecule has 4 aliphatic heterocycles. The van der Waals surface area contributed by atoms with Gasteiger partial charge in [-0.2, -0.15) is 0 Å². The summed E-state index contributed by atoms with van der Waals surface area (Å²) in [5, 5.41) is 44.4. The van der Waals surface area contributed by atoms with Gasteiger partial charge in [-0.15, -0.1) is 0 Å². The van der Waals surface area contributed by atoms with Gasteiger partial charge in [-0.1, -0.05) is 216 Å². The Kier molecular flexibility index (Phi) is 32.9. The largest absolute Gasteiger partial charge is 0.487 e. The van der Waals surface area contributed by atoms with Crippen LogP contribution in [0.5, 0.6) is 0 Å². The van der Waals surface area contributed by atoms with E-state index in [0.717, 1.165) is 130 Å². The fourth-order valence-electron chi connectivity index (χ4n) is 12.7. The maximum absolute atomic E-state index is 12.1. The smallest absolute Gasteiger partial charge is 0.400 e. The minimum Gasteiger partial charge on any atom is -0.400 e. The summed E-state index contributed by atoms with van der Waals surface area (Å²) in [4.78, 5) is 0. The second kappa shape index (κ2) is 36.9. The molecule has 4 atom stereocenters. The highest BCUT2D eigenvalue weighted by molar-refractivity contribution is 6.53. The molecule has 4 heterocycles. The van der Waals surface area contributed by atoms with Crippen molar-refractivity contribution in [2.45, 2.75) is 382 Å². The summed E-state index contributed by atoms with van der Waals surface area (Å²) in [6, 6.07) is 19.9. The molecule has 5 aliphatic rings. The van der Waals surface area contributed by atoms with E-state index in [-0.39, 0.29) is 65.0 Å². The molecule has 0 aromatic heterocycles. The molecular weight excluding hydrogens is 1200 g/mol. The Morgan fingerprint density at radius 2 is 0.708 bits per heavy atom. The van der Waals surface area contributed by atoms with Crippen molar-refractivity contribution in [3.8, 4) is 0 Å². The zero-order valence-electron chi connectivity index (χ0n) is 65.4. The first-order valence-corrected chi connectivity index (χ1v) is 37.8. The van der Waals surface area contributed by atoms with Crippen LogP contribution in [0.1, 0.15) is 331 Å². The van der Waals surface area contributed by atoms with E-state index < -0.39 is 37.1 Å². The number of hydrogen-bond donors (Lipinski definition) is 4.